The predicted octanol–water partition coefficient (Wildman–Crippen LogP) is 4.44. The van der Waals surface area contributed by atoms with Gasteiger partial charge in [0.1, 0.15) is 17.4 Å². The van der Waals surface area contributed by atoms with Crippen LogP contribution in [0.15, 0.2) is 58.5 Å². The average molecular weight is 398 g/mol. The van der Waals surface area contributed by atoms with Gasteiger partial charge in [-0.25, -0.2) is 4.98 Å². The molecule has 0 aliphatic heterocycles. The van der Waals surface area contributed by atoms with Crippen LogP contribution in [-0.2, 0) is 0 Å². The fourth-order valence-corrected chi connectivity index (χ4v) is 3.25. The monoisotopic (exact) mass is 397 g/mol. The second-order valence-corrected chi connectivity index (χ2v) is 7.25. The molecule has 0 fully saturated rings. The van der Waals surface area contributed by atoms with Gasteiger partial charge in [-0.15, -0.1) is 0 Å². The number of nitrogens with one attached hydrogen (secondary N) is 1. The number of rotatable bonds is 6. The van der Waals surface area contributed by atoms with E-state index in [1.165, 1.54) is 11.8 Å². The second-order valence-electron chi connectivity index (χ2n) is 5.73. The Morgan fingerprint density at radius 1 is 1.26 bits per heavy atom. The number of benzene rings is 2. The highest BCUT2D eigenvalue weighted by molar-refractivity contribution is 7.99. The molecule has 0 radical (unpaired) electrons. The van der Waals surface area contributed by atoms with Crippen LogP contribution in [0.4, 0.5) is 0 Å². The summed E-state index contributed by atoms with van der Waals surface area (Å²) in [5, 5.41) is 10.3. The fraction of sp³-hybridized carbons (Fsp3) is 0.150. The molecule has 7 heteroatoms. The van der Waals surface area contributed by atoms with Crippen LogP contribution in [0.3, 0.4) is 0 Å². The summed E-state index contributed by atoms with van der Waals surface area (Å²) in [5.74, 6) is 1.40. The van der Waals surface area contributed by atoms with Gasteiger partial charge in [0.25, 0.3) is 5.56 Å². The lowest BCUT2D eigenvalue weighted by atomic mass is 10.1. The van der Waals surface area contributed by atoms with E-state index in [1.807, 2.05) is 37.3 Å². The van der Waals surface area contributed by atoms with Gasteiger partial charge in [0.15, 0.2) is 5.16 Å². The van der Waals surface area contributed by atoms with Crippen LogP contribution in [0.25, 0.3) is 11.3 Å². The first kappa shape index (κ1) is 19.0. The van der Waals surface area contributed by atoms with Gasteiger partial charge >= 0.3 is 0 Å². The van der Waals surface area contributed by atoms with Crippen LogP contribution in [0.1, 0.15) is 11.1 Å². The third-order valence-electron chi connectivity index (χ3n) is 3.71. The van der Waals surface area contributed by atoms with Gasteiger partial charge in [-0.3, -0.25) is 4.79 Å². The van der Waals surface area contributed by atoms with E-state index < -0.39 is 5.56 Å². The van der Waals surface area contributed by atoms with E-state index in [2.05, 4.69) is 9.97 Å². The minimum atomic E-state index is -0.459. The van der Waals surface area contributed by atoms with Gasteiger partial charge in [0.2, 0.25) is 0 Å². The number of hydrogen-bond acceptors (Lipinski definition) is 5. The van der Waals surface area contributed by atoms with Gasteiger partial charge in [0.05, 0.1) is 12.3 Å². The van der Waals surface area contributed by atoms with Crippen molar-refractivity contribution in [3.63, 3.8) is 0 Å². The van der Waals surface area contributed by atoms with Crippen LogP contribution in [-0.4, -0.2) is 22.3 Å². The van der Waals surface area contributed by atoms with Gasteiger partial charge < -0.3 is 9.72 Å². The SMILES string of the molecule is Cc1cccc(OCCSc2nc(-c3ccc(Cl)cc3)c(C#N)c(=O)[nH]2)c1. The molecule has 0 bridgehead atoms. The standard InChI is InChI=1S/C20H16ClN3O2S/c1-13-3-2-4-16(11-13)26-9-10-27-20-23-18(17(12-22)19(25)24-20)14-5-7-15(21)8-6-14/h2-8,11H,9-10H2,1H3,(H,23,24,25). The summed E-state index contributed by atoms with van der Waals surface area (Å²) in [7, 11) is 0. The minimum Gasteiger partial charge on any atom is -0.493 e. The number of aromatic nitrogens is 2. The molecule has 1 heterocycles. The van der Waals surface area contributed by atoms with Gasteiger partial charge in [-0.05, 0) is 36.8 Å². The predicted molar refractivity (Wildman–Crippen MR) is 107 cm³/mol. The summed E-state index contributed by atoms with van der Waals surface area (Å²) < 4.78 is 5.70. The Bertz CT molecular complexity index is 1040. The largest absolute Gasteiger partial charge is 0.493 e. The molecule has 0 amide bonds. The van der Waals surface area contributed by atoms with Crippen LogP contribution >= 0.6 is 23.4 Å². The first-order chi connectivity index (χ1) is 13.1. The van der Waals surface area contributed by atoms with E-state index in [-0.39, 0.29) is 5.56 Å². The first-order valence-electron chi connectivity index (χ1n) is 8.19. The third kappa shape index (κ3) is 4.91. The molecule has 3 rings (SSSR count). The summed E-state index contributed by atoms with van der Waals surface area (Å²) in [4.78, 5) is 19.3. The highest BCUT2D eigenvalue weighted by Crippen LogP contribution is 2.23. The molecule has 136 valence electrons. The van der Waals surface area contributed by atoms with Gasteiger partial charge in [0, 0.05) is 16.3 Å². The molecule has 1 aromatic heterocycles. The molecule has 0 unspecified atom stereocenters. The zero-order valence-corrected chi connectivity index (χ0v) is 16.1. The van der Waals surface area contributed by atoms with Crippen molar-refractivity contribution < 1.29 is 4.74 Å². The van der Waals surface area contributed by atoms with Crippen molar-refractivity contribution in [1.82, 2.24) is 9.97 Å². The molecule has 0 aliphatic carbocycles. The molecule has 1 N–H and O–H groups in total. The molecule has 2 aromatic carbocycles. The quantitative estimate of drug-likeness (QED) is 0.378. The summed E-state index contributed by atoms with van der Waals surface area (Å²) in [5.41, 5.74) is 1.67. The molecule has 5 nitrogen and oxygen atoms in total. The van der Waals surface area contributed by atoms with Crippen molar-refractivity contribution in [1.29, 1.82) is 5.26 Å². The molecule has 0 saturated carbocycles. The van der Waals surface area contributed by atoms with E-state index >= 15 is 0 Å². The molecular weight excluding hydrogens is 382 g/mol. The van der Waals surface area contributed by atoms with Crippen molar-refractivity contribution in [3.05, 3.63) is 75.0 Å². The fourth-order valence-electron chi connectivity index (χ4n) is 2.44. The number of halogens is 1. The number of hydrogen-bond donors (Lipinski definition) is 1. The Labute approximate surface area is 166 Å². The Morgan fingerprint density at radius 2 is 2.04 bits per heavy atom. The highest BCUT2D eigenvalue weighted by Gasteiger charge is 2.13. The van der Waals surface area contributed by atoms with E-state index in [4.69, 9.17) is 16.3 Å². The van der Waals surface area contributed by atoms with Gasteiger partial charge in [-0.1, -0.05) is 47.6 Å². The van der Waals surface area contributed by atoms with E-state index in [1.54, 1.807) is 24.3 Å². The van der Waals surface area contributed by atoms with E-state index in [0.29, 0.717) is 33.8 Å². The molecule has 27 heavy (non-hydrogen) atoms. The number of nitriles is 1. The van der Waals surface area contributed by atoms with Crippen molar-refractivity contribution in [2.75, 3.05) is 12.4 Å². The number of nitrogens with zero attached hydrogens (tertiary/aromatic N) is 2. The maximum atomic E-state index is 12.2. The van der Waals surface area contributed by atoms with Crippen LogP contribution in [0, 0.1) is 18.3 Å². The van der Waals surface area contributed by atoms with Crippen LogP contribution in [0.2, 0.25) is 5.02 Å². The van der Waals surface area contributed by atoms with Crippen molar-refractivity contribution >= 4 is 23.4 Å². The zero-order valence-electron chi connectivity index (χ0n) is 14.5. The Morgan fingerprint density at radius 3 is 2.74 bits per heavy atom. The van der Waals surface area contributed by atoms with Crippen LogP contribution in [0.5, 0.6) is 5.75 Å². The van der Waals surface area contributed by atoms with Crippen LogP contribution < -0.4 is 10.3 Å². The summed E-state index contributed by atoms with van der Waals surface area (Å²) >= 11 is 7.27. The molecule has 0 spiro atoms. The third-order valence-corrected chi connectivity index (χ3v) is 4.80. The number of ether oxygens (including phenoxy) is 1. The Kier molecular flexibility index (Phi) is 6.17. The molecule has 0 saturated heterocycles. The van der Waals surface area contributed by atoms with E-state index in [0.717, 1.165) is 11.3 Å². The number of H-pyrrole nitrogens is 1. The Hall–Kier alpha value is -2.75. The van der Waals surface area contributed by atoms with Crippen molar-refractivity contribution in [2.24, 2.45) is 0 Å². The first-order valence-corrected chi connectivity index (χ1v) is 9.56. The number of thioether (sulfide) groups is 1. The topological polar surface area (TPSA) is 78.8 Å². The highest BCUT2D eigenvalue weighted by atomic mass is 35.5. The summed E-state index contributed by atoms with van der Waals surface area (Å²) in [6, 6.07) is 16.6. The molecular formula is C20H16ClN3O2S. The summed E-state index contributed by atoms with van der Waals surface area (Å²) in [6.45, 7) is 2.47. The maximum absolute atomic E-state index is 12.2. The van der Waals surface area contributed by atoms with E-state index in [9.17, 15) is 10.1 Å². The normalized spacial score (nSPS) is 10.4. The maximum Gasteiger partial charge on any atom is 0.270 e. The van der Waals surface area contributed by atoms with Crippen molar-refractivity contribution in [3.8, 4) is 23.1 Å². The molecule has 0 aliphatic rings. The molecule has 0 atom stereocenters. The number of aromatic amines is 1. The Balaban J connectivity index is 1.73. The lowest BCUT2D eigenvalue weighted by Gasteiger charge is -2.08. The van der Waals surface area contributed by atoms with Gasteiger partial charge in [-0.2, -0.15) is 5.26 Å². The zero-order chi connectivity index (χ0) is 19.2. The average Bonchev–Trinajstić information content (AvgIpc) is 2.65. The summed E-state index contributed by atoms with van der Waals surface area (Å²) in [6.07, 6.45) is 0. The number of aryl methyl sites for hydroxylation is 1. The minimum absolute atomic E-state index is 0.0160. The van der Waals surface area contributed by atoms with Crippen molar-refractivity contribution in [2.45, 2.75) is 12.1 Å². The molecule has 3 aromatic rings. The lowest BCUT2D eigenvalue weighted by Crippen LogP contribution is -2.15. The second kappa shape index (κ2) is 8.76. The smallest absolute Gasteiger partial charge is 0.270 e. The lowest BCUT2D eigenvalue weighted by molar-refractivity contribution is 0.343.